The highest BCUT2D eigenvalue weighted by Crippen LogP contribution is 2.58. The van der Waals surface area contributed by atoms with Crippen LogP contribution in [0.1, 0.15) is 31.8 Å². The predicted octanol–water partition coefficient (Wildman–Crippen LogP) is 11.3. The molecule has 0 radical (unpaired) electrons. The van der Waals surface area contributed by atoms with Crippen LogP contribution >= 0.6 is 0 Å². The smallest absolute Gasteiger partial charge is 0.0622 e. The summed E-state index contributed by atoms with van der Waals surface area (Å²) in [6, 6.07) is 34.9. The van der Waals surface area contributed by atoms with E-state index in [0.29, 0.717) is 5.56 Å². The minimum Gasteiger partial charge on any atom is -0.0622 e. The van der Waals surface area contributed by atoms with E-state index >= 15 is 0 Å². The van der Waals surface area contributed by atoms with E-state index in [1.54, 1.807) is 0 Å². The number of benzene rings is 7. The van der Waals surface area contributed by atoms with Crippen LogP contribution in [-0.2, 0) is 5.41 Å². The van der Waals surface area contributed by atoms with Crippen LogP contribution in [0.5, 0.6) is 0 Å². The van der Waals surface area contributed by atoms with E-state index in [1.165, 1.54) is 22.3 Å². The molecule has 41 heavy (non-hydrogen) atoms. The largest absolute Gasteiger partial charge is 0.0629 e. The topological polar surface area (TPSA) is 0 Å². The fraction of sp³-hybridized carbons (Fsp3) is 0.0732. The van der Waals surface area contributed by atoms with Crippen molar-refractivity contribution >= 4 is 21.5 Å². The van der Waals surface area contributed by atoms with Gasteiger partial charge >= 0.3 is 0 Å². The van der Waals surface area contributed by atoms with Gasteiger partial charge in [0.05, 0.1) is 6.85 Å². The minimum absolute atomic E-state index is 0.170. The third kappa shape index (κ3) is 2.95. The summed E-state index contributed by atoms with van der Waals surface area (Å²) in [6.07, 6.45) is 0. The van der Waals surface area contributed by atoms with Crippen LogP contribution in [0, 0.1) is 0 Å². The number of hydrogen-bond acceptors (Lipinski definition) is 0. The first kappa shape index (κ1) is 18.4. The Balaban J connectivity index is 1.47. The van der Waals surface area contributed by atoms with Crippen LogP contribution in [0.3, 0.4) is 0 Å². The fourth-order valence-corrected chi connectivity index (χ4v) is 7.53. The van der Waals surface area contributed by atoms with Gasteiger partial charge in [-0.3, -0.25) is 0 Å². The normalized spacial score (nSPS) is 15.5. The maximum absolute atomic E-state index is 9.05. The summed E-state index contributed by atoms with van der Waals surface area (Å²) in [7, 11) is 0. The van der Waals surface area contributed by atoms with Crippen LogP contribution < -0.4 is 0 Å². The second-order valence-corrected chi connectivity index (χ2v) is 11.7. The molecule has 0 fully saturated rings. The van der Waals surface area contributed by atoms with E-state index < -0.39 is 0 Å². The highest BCUT2D eigenvalue weighted by molar-refractivity contribution is 6.27. The van der Waals surface area contributed by atoms with E-state index in [0.717, 1.165) is 54.9 Å². The zero-order chi connectivity index (χ0) is 31.6. The summed E-state index contributed by atoms with van der Waals surface area (Å²) in [6.45, 7) is 4.59. The lowest BCUT2D eigenvalue weighted by Gasteiger charge is -2.24. The SMILES string of the molecule is [2H]c1c([2H])c([2H])c(-c2c3c(c(-c4ccc5c(c4)C(C)(C)c4ccccc4-5)c4ccccc24)-c2cccc4cccc-3c24)c([2H])c1[2H]. The van der Waals surface area contributed by atoms with Gasteiger partial charge in [-0.05, 0) is 94.4 Å². The van der Waals surface area contributed by atoms with Crippen LogP contribution in [0.15, 0.2) is 133 Å². The molecule has 7 aromatic rings. The Morgan fingerprint density at radius 3 is 1.78 bits per heavy atom. The molecule has 0 N–H and O–H groups in total. The van der Waals surface area contributed by atoms with Gasteiger partial charge in [-0.2, -0.15) is 0 Å². The van der Waals surface area contributed by atoms with Gasteiger partial charge in [-0.1, -0.05) is 141 Å². The molecule has 9 rings (SSSR count). The molecule has 0 saturated carbocycles. The molecule has 7 aromatic carbocycles. The van der Waals surface area contributed by atoms with Gasteiger partial charge in [0, 0.05) is 5.41 Å². The molecule has 0 heterocycles. The van der Waals surface area contributed by atoms with Gasteiger partial charge in [0.25, 0.3) is 0 Å². The minimum atomic E-state index is -0.386. The Hall–Kier alpha value is -4.94. The molecule has 0 aromatic heterocycles. The first-order chi connectivity index (χ1) is 22.2. The zero-order valence-corrected chi connectivity index (χ0v) is 22.8. The Morgan fingerprint density at radius 1 is 0.488 bits per heavy atom. The second kappa shape index (κ2) is 8.05. The summed E-state index contributed by atoms with van der Waals surface area (Å²) in [5.41, 5.74) is 12.2. The van der Waals surface area contributed by atoms with Crippen molar-refractivity contribution in [1.82, 2.24) is 0 Å². The van der Waals surface area contributed by atoms with Gasteiger partial charge in [0.1, 0.15) is 0 Å². The van der Waals surface area contributed by atoms with Crippen molar-refractivity contribution in [1.29, 1.82) is 0 Å². The highest BCUT2D eigenvalue weighted by atomic mass is 14.4. The molecule has 192 valence electrons. The number of hydrogen-bond donors (Lipinski definition) is 0. The molecular formula is C41H28. The summed E-state index contributed by atoms with van der Waals surface area (Å²) >= 11 is 0. The summed E-state index contributed by atoms with van der Waals surface area (Å²) in [5, 5.41) is 4.08. The summed E-state index contributed by atoms with van der Waals surface area (Å²) in [5.74, 6) is 0. The van der Waals surface area contributed by atoms with E-state index in [-0.39, 0.29) is 41.2 Å². The third-order valence-electron chi connectivity index (χ3n) is 9.28. The molecule has 0 atom stereocenters. The molecule has 2 aliphatic rings. The van der Waals surface area contributed by atoms with Crippen LogP contribution in [0.2, 0.25) is 0 Å². The number of fused-ring (bicyclic) bond motifs is 7. The zero-order valence-electron chi connectivity index (χ0n) is 27.8. The van der Waals surface area contributed by atoms with Gasteiger partial charge < -0.3 is 0 Å². The van der Waals surface area contributed by atoms with Gasteiger partial charge in [0.2, 0.25) is 0 Å². The van der Waals surface area contributed by atoms with Crippen LogP contribution in [0.25, 0.3) is 77.2 Å². The first-order valence-electron chi connectivity index (χ1n) is 16.6. The average molecular weight is 526 g/mol. The molecule has 0 bridgehead atoms. The van der Waals surface area contributed by atoms with E-state index in [1.807, 2.05) is 24.3 Å². The summed E-state index contributed by atoms with van der Waals surface area (Å²) in [4.78, 5) is 0. The lowest BCUT2D eigenvalue weighted by Crippen LogP contribution is -2.14. The Morgan fingerprint density at radius 2 is 1.07 bits per heavy atom. The van der Waals surface area contributed by atoms with E-state index in [4.69, 9.17) is 6.85 Å². The van der Waals surface area contributed by atoms with Crippen LogP contribution in [-0.4, -0.2) is 0 Å². The van der Waals surface area contributed by atoms with E-state index in [9.17, 15) is 0 Å². The molecule has 2 aliphatic carbocycles. The molecule has 0 spiro atoms. The van der Waals surface area contributed by atoms with Crippen molar-refractivity contribution in [3.8, 4) is 55.6 Å². The molecule has 0 saturated heterocycles. The summed E-state index contributed by atoms with van der Waals surface area (Å²) < 4.78 is 43.5. The van der Waals surface area contributed by atoms with Crippen molar-refractivity contribution in [3.05, 3.63) is 144 Å². The monoisotopic (exact) mass is 525 g/mol. The molecule has 0 heteroatoms. The van der Waals surface area contributed by atoms with Crippen molar-refractivity contribution in [2.75, 3.05) is 0 Å². The van der Waals surface area contributed by atoms with E-state index in [2.05, 4.69) is 92.7 Å². The lowest BCUT2D eigenvalue weighted by atomic mass is 9.79. The van der Waals surface area contributed by atoms with Crippen molar-refractivity contribution in [2.45, 2.75) is 19.3 Å². The fourth-order valence-electron chi connectivity index (χ4n) is 7.53. The first-order valence-corrected chi connectivity index (χ1v) is 14.1. The van der Waals surface area contributed by atoms with Crippen LogP contribution in [0.4, 0.5) is 0 Å². The molecule has 0 amide bonds. The Bertz CT molecular complexity index is 2470. The number of rotatable bonds is 2. The molecule has 0 nitrogen and oxygen atoms in total. The third-order valence-corrected chi connectivity index (χ3v) is 9.28. The van der Waals surface area contributed by atoms with Crippen molar-refractivity contribution < 1.29 is 6.85 Å². The van der Waals surface area contributed by atoms with Gasteiger partial charge in [-0.15, -0.1) is 0 Å². The predicted molar refractivity (Wildman–Crippen MR) is 174 cm³/mol. The quantitative estimate of drug-likeness (QED) is 0.210. The Kier molecular flexibility index (Phi) is 3.62. The molecule has 0 aliphatic heterocycles. The van der Waals surface area contributed by atoms with Crippen molar-refractivity contribution in [3.63, 3.8) is 0 Å². The average Bonchev–Trinajstić information content (AvgIpc) is 3.52. The van der Waals surface area contributed by atoms with Gasteiger partial charge in [-0.25, -0.2) is 0 Å². The maximum atomic E-state index is 9.05. The maximum Gasteiger partial charge on any atom is 0.0629 e. The molecule has 0 unspecified atom stereocenters. The van der Waals surface area contributed by atoms with Crippen molar-refractivity contribution in [2.24, 2.45) is 0 Å². The highest BCUT2D eigenvalue weighted by Gasteiger charge is 2.36. The second-order valence-electron chi connectivity index (χ2n) is 11.7. The van der Waals surface area contributed by atoms with Gasteiger partial charge in [0.15, 0.2) is 0 Å². The Labute approximate surface area is 247 Å². The lowest BCUT2D eigenvalue weighted by molar-refractivity contribution is 0.660. The molecular weight excluding hydrogens is 492 g/mol. The standard InChI is InChI=1S/C41H28/c1-41(2)34-21-9-8-16-28(34)29-23-22-27(24-35(29)41)38-31-18-7-6-17-30(31)37(26-12-4-3-5-13-26)39-32-19-10-14-25-15-11-20-33(36(25)32)40(38)39/h3-24H,1-2H3/i3D,4D,5D,12D,13D.